The molecule has 1 aromatic carbocycles. The number of hydrogen-bond acceptors (Lipinski definition) is 3. The van der Waals surface area contributed by atoms with Crippen LogP contribution in [-0.2, 0) is 0 Å². The van der Waals surface area contributed by atoms with E-state index >= 15 is 0 Å². The number of aliphatic hydroxyl groups is 1. The summed E-state index contributed by atoms with van der Waals surface area (Å²) in [4.78, 5) is 2.20. The third-order valence-electron chi connectivity index (χ3n) is 3.66. The summed E-state index contributed by atoms with van der Waals surface area (Å²) in [5.41, 5.74) is 7.36. The van der Waals surface area contributed by atoms with E-state index in [0.717, 1.165) is 23.9 Å². The van der Waals surface area contributed by atoms with Crippen LogP contribution in [0.4, 0.5) is 5.69 Å². The van der Waals surface area contributed by atoms with Gasteiger partial charge in [0.2, 0.25) is 0 Å². The Balaban J connectivity index is 1.88. The summed E-state index contributed by atoms with van der Waals surface area (Å²) in [6.07, 6.45) is 0.837. The Kier molecular flexibility index (Phi) is 3.69. The molecule has 1 fully saturated rings. The predicted octanol–water partition coefficient (Wildman–Crippen LogP) is 1.89. The quantitative estimate of drug-likeness (QED) is 0.765. The Morgan fingerprint density at radius 3 is 2.71 bits per heavy atom. The molecule has 0 aromatic heterocycles. The lowest BCUT2D eigenvalue weighted by molar-refractivity contribution is 0.124. The SMILES string of the molecule is CC1CC1CN(C)CC(O)c1ccccc1N. The Hall–Kier alpha value is -1.06. The first-order valence-corrected chi connectivity index (χ1v) is 6.29. The molecule has 2 rings (SSSR count). The molecule has 3 N–H and O–H groups in total. The van der Waals surface area contributed by atoms with Crippen molar-refractivity contribution in [3.05, 3.63) is 29.8 Å². The number of aliphatic hydroxyl groups excluding tert-OH is 1. The molecular formula is C14H22N2O. The molecular weight excluding hydrogens is 212 g/mol. The highest BCUT2D eigenvalue weighted by atomic mass is 16.3. The van der Waals surface area contributed by atoms with Crippen LogP contribution in [0.3, 0.4) is 0 Å². The van der Waals surface area contributed by atoms with E-state index in [1.807, 2.05) is 24.3 Å². The number of nitrogen functional groups attached to an aromatic ring is 1. The molecule has 0 amide bonds. The molecule has 1 aromatic rings. The molecule has 3 heteroatoms. The average Bonchev–Trinajstić information content (AvgIpc) is 2.94. The largest absolute Gasteiger partial charge is 0.398 e. The number of benzene rings is 1. The van der Waals surface area contributed by atoms with Crippen molar-refractivity contribution in [2.75, 3.05) is 25.9 Å². The smallest absolute Gasteiger partial charge is 0.0936 e. The fourth-order valence-corrected chi connectivity index (χ4v) is 2.34. The van der Waals surface area contributed by atoms with Crippen molar-refractivity contribution >= 4 is 5.69 Å². The van der Waals surface area contributed by atoms with Crippen molar-refractivity contribution in [2.24, 2.45) is 11.8 Å². The number of nitrogens with zero attached hydrogens (tertiary/aromatic N) is 1. The number of nitrogens with two attached hydrogens (primary N) is 1. The van der Waals surface area contributed by atoms with Gasteiger partial charge in [0.1, 0.15) is 0 Å². The minimum Gasteiger partial charge on any atom is -0.398 e. The maximum atomic E-state index is 10.1. The van der Waals surface area contributed by atoms with Gasteiger partial charge in [0.25, 0.3) is 0 Å². The monoisotopic (exact) mass is 234 g/mol. The van der Waals surface area contributed by atoms with Gasteiger partial charge in [-0.15, -0.1) is 0 Å². The molecule has 1 saturated carbocycles. The zero-order valence-corrected chi connectivity index (χ0v) is 10.6. The third kappa shape index (κ3) is 3.20. The van der Waals surface area contributed by atoms with Crippen LogP contribution in [-0.4, -0.2) is 30.1 Å². The highest BCUT2D eigenvalue weighted by molar-refractivity contribution is 5.47. The van der Waals surface area contributed by atoms with Gasteiger partial charge in [-0.25, -0.2) is 0 Å². The van der Waals surface area contributed by atoms with Crippen LogP contribution in [0.2, 0.25) is 0 Å². The van der Waals surface area contributed by atoms with Crippen LogP contribution in [0.5, 0.6) is 0 Å². The zero-order chi connectivity index (χ0) is 12.4. The summed E-state index contributed by atoms with van der Waals surface area (Å²) in [7, 11) is 2.06. The van der Waals surface area contributed by atoms with Gasteiger partial charge >= 0.3 is 0 Å². The van der Waals surface area contributed by atoms with E-state index in [0.29, 0.717) is 12.2 Å². The summed E-state index contributed by atoms with van der Waals surface area (Å²) in [5.74, 6) is 1.68. The maximum Gasteiger partial charge on any atom is 0.0936 e. The third-order valence-corrected chi connectivity index (χ3v) is 3.66. The molecule has 3 atom stereocenters. The lowest BCUT2D eigenvalue weighted by Gasteiger charge is -2.21. The van der Waals surface area contributed by atoms with E-state index in [9.17, 15) is 5.11 Å². The number of para-hydroxylation sites is 1. The number of likely N-dealkylation sites (N-methyl/N-ethyl adjacent to an activating group) is 1. The molecule has 0 bridgehead atoms. The summed E-state index contributed by atoms with van der Waals surface area (Å²) in [5, 5.41) is 10.1. The maximum absolute atomic E-state index is 10.1. The second-order valence-corrected chi connectivity index (χ2v) is 5.34. The van der Waals surface area contributed by atoms with Gasteiger partial charge in [0.15, 0.2) is 0 Å². The summed E-state index contributed by atoms with van der Waals surface area (Å²) < 4.78 is 0. The summed E-state index contributed by atoms with van der Waals surface area (Å²) in [6, 6.07) is 7.54. The lowest BCUT2D eigenvalue weighted by Crippen LogP contribution is -2.27. The van der Waals surface area contributed by atoms with Crippen molar-refractivity contribution in [2.45, 2.75) is 19.4 Å². The molecule has 17 heavy (non-hydrogen) atoms. The Morgan fingerprint density at radius 1 is 1.47 bits per heavy atom. The molecule has 3 unspecified atom stereocenters. The lowest BCUT2D eigenvalue weighted by atomic mass is 10.1. The second-order valence-electron chi connectivity index (χ2n) is 5.34. The van der Waals surface area contributed by atoms with E-state index in [4.69, 9.17) is 5.73 Å². The molecule has 94 valence electrons. The standard InChI is InChI=1S/C14H22N2O/c1-10-7-11(10)8-16(2)9-14(17)12-5-3-4-6-13(12)15/h3-6,10-11,14,17H,7-9,15H2,1-2H3. The molecule has 1 aliphatic carbocycles. The van der Waals surface area contributed by atoms with Gasteiger partial charge < -0.3 is 15.7 Å². The van der Waals surface area contributed by atoms with E-state index in [-0.39, 0.29) is 0 Å². The van der Waals surface area contributed by atoms with Crippen molar-refractivity contribution in [3.63, 3.8) is 0 Å². The minimum absolute atomic E-state index is 0.491. The van der Waals surface area contributed by atoms with Crippen LogP contribution >= 0.6 is 0 Å². The van der Waals surface area contributed by atoms with Crippen molar-refractivity contribution < 1.29 is 5.11 Å². The normalized spacial score (nSPS) is 24.9. The van der Waals surface area contributed by atoms with Crippen molar-refractivity contribution in [3.8, 4) is 0 Å². The average molecular weight is 234 g/mol. The van der Waals surface area contributed by atoms with Crippen LogP contribution in [0.15, 0.2) is 24.3 Å². The first kappa shape index (κ1) is 12.4. The van der Waals surface area contributed by atoms with Crippen LogP contribution in [0.1, 0.15) is 25.0 Å². The Bertz CT molecular complexity index is 380. The van der Waals surface area contributed by atoms with Gasteiger partial charge in [-0.1, -0.05) is 25.1 Å². The van der Waals surface area contributed by atoms with Gasteiger partial charge in [-0.05, 0) is 31.4 Å². The number of anilines is 1. The highest BCUT2D eigenvalue weighted by Gasteiger charge is 2.33. The molecule has 0 spiro atoms. The summed E-state index contributed by atoms with van der Waals surface area (Å²) >= 11 is 0. The Morgan fingerprint density at radius 2 is 2.12 bits per heavy atom. The molecule has 0 heterocycles. The molecule has 3 nitrogen and oxygen atoms in total. The molecule has 1 aliphatic rings. The van der Waals surface area contributed by atoms with E-state index in [1.54, 1.807) is 0 Å². The van der Waals surface area contributed by atoms with Gasteiger partial charge in [0.05, 0.1) is 6.10 Å². The van der Waals surface area contributed by atoms with E-state index < -0.39 is 6.10 Å². The molecule has 0 saturated heterocycles. The van der Waals surface area contributed by atoms with Crippen molar-refractivity contribution in [1.29, 1.82) is 0 Å². The first-order chi connectivity index (χ1) is 8.08. The van der Waals surface area contributed by atoms with E-state index in [2.05, 4.69) is 18.9 Å². The van der Waals surface area contributed by atoms with Gasteiger partial charge in [-0.2, -0.15) is 0 Å². The molecule has 0 aliphatic heterocycles. The topological polar surface area (TPSA) is 49.5 Å². The van der Waals surface area contributed by atoms with Crippen LogP contribution in [0, 0.1) is 11.8 Å². The predicted molar refractivity (Wildman–Crippen MR) is 70.6 cm³/mol. The van der Waals surface area contributed by atoms with E-state index in [1.165, 1.54) is 6.42 Å². The summed E-state index contributed by atoms with van der Waals surface area (Å²) in [6.45, 7) is 4.01. The van der Waals surface area contributed by atoms with Crippen LogP contribution < -0.4 is 5.73 Å². The fraction of sp³-hybridized carbons (Fsp3) is 0.571. The highest BCUT2D eigenvalue weighted by Crippen LogP contribution is 2.38. The first-order valence-electron chi connectivity index (χ1n) is 6.29. The van der Waals surface area contributed by atoms with Crippen molar-refractivity contribution in [1.82, 2.24) is 4.90 Å². The number of rotatable bonds is 5. The number of hydrogen-bond donors (Lipinski definition) is 2. The fourth-order valence-electron chi connectivity index (χ4n) is 2.34. The van der Waals surface area contributed by atoms with Crippen LogP contribution in [0.25, 0.3) is 0 Å². The minimum atomic E-state index is -0.491. The Labute approximate surface area is 103 Å². The zero-order valence-electron chi connectivity index (χ0n) is 10.6. The molecule has 0 radical (unpaired) electrons. The van der Waals surface area contributed by atoms with Gasteiger partial charge in [0, 0.05) is 24.3 Å². The second kappa shape index (κ2) is 5.07. The van der Waals surface area contributed by atoms with Gasteiger partial charge in [-0.3, -0.25) is 0 Å².